The summed E-state index contributed by atoms with van der Waals surface area (Å²) >= 11 is 6.28. The van der Waals surface area contributed by atoms with Crippen LogP contribution in [0.4, 0.5) is 0 Å². The summed E-state index contributed by atoms with van der Waals surface area (Å²) in [6.07, 6.45) is 1.11. The fourth-order valence-corrected chi connectivity index (χ4v) is 7.32. The van der Waals surface area contributed by atoms with E-state index in [1.165, 1.54) is 17.6 Å². The molecule has 1 aromatic heterocycles. The molecule has 18 heteroatoms. The molecular weight excluding hydrogens is 768 g/mol. The second-order valence-electron chi connectivity index (χ2n) is 12.8. The molecule has 1 unspecified atom stereocenters. The zero-order valence-corrected chi connectivity index (χ0v) is 32.0. The van der Waals surface area contributed by atoms with Crippen LogP contribution in [0.3, 0.4) is 0 Å². The van der Waals surface area contributed by atoms with Crippen LogP contribution in [0.15, 0.2) is 83.8 Å². The van der Waals surface area contributed by atoms with Crippen molar-refractivity contribution in [1.29, 1.82) is 0 Å². The smallest absolute Gasteiger partial charge is 0.326 e. The Morgan fingerprint density at radius 2 is 1.57 bits per heavy atom. The van der Waals surface area contributed by atoms with Crippen molar-refractivity contribution in [3.8, 4) is 11.1 Å². The number of sulfonamides is 1. The van der Waals surface area contributed by atoms with Gasteiger partial charge in [-0.1, -0.05) is 97.7 Å². The zero-order chi connectivity index (χ0) is 40.8. The first-order valence-electron chi connectivity index (χ1n) is 17.6. The molecule has 3 aromatic carbocycles. The molecule has 0 fully saturated rings. The average molecular weight is 811 g/mol. The van der Waals surface area contributed by atoms with Crippen LogP contribution >= 0.6 is 11.6 Å². The van der Waals surface area contributed by atoms with Gasteiger partial charge in [-0.25, -0.2) is 28.4 Å². The van der Waals surface area contributed by atoms with E-state index in [-0.39, 0.29) is 29.6 Å². The quantitative estimate of drug-likeness (QED) is 0.0389. The van der Waals surface area contributed by atoms with Crippen molar-refractivity contribution in [3.05, 3.63) is 107 Å². The molecule has 0 bridgehead atoms. The lowest BCUT2D eigenvalue weighted by atomic mass is 9.97. The highest BCUT2D eigenvalue weighted by Gasteiger charge is 2.32. The number of aryl methyl sites for hydroxylation is 1. The second-order valence-corrected chi connectivity index (χ2v) is 14.8. The number of nitrogens with one attached hydrogen (secondary N) is 4. The number of imidazole rings is 1. The van der Waals surface area contributed by atoms with Gasteiger partial charge in [0.05, 0.1) is 23.6 Å². The van der Waals surface area contributed by atoms with Crippen LogP contribution < -0.4 is 20.8 Å². The first-order chi connectivity index (χ1) is 26.8. The molecule has 4 amide bonds. The van der Waals surface area contributed by atoms with Crippen LogP contribution in [0.25, 0.3) is 11.1 Å². The van der Waals surface area contributed by atoms with Gasteiger partial charge in [-0.2, -0.15) is 0 Å². The van der Waals surface area contributed by atoms with Crippen LogP contribution in [0.1, 0.15) is 55.3 Å². The molecule has 4 rings (SSSR count). The first-order valence-corrected chi connectivity index (χ1v) is 19.5. The van der Waals surface area contributed by atoms with Gasteiger partial charge in [0.25, 0.3) is 15.9 Å². The maximum atomic E-state index is 13.4. The number of aliphatic hydroxyl groups is 1. The molecule has 1 heterocycles. The SMILES string of the molecule is CCCCc1nc(Cl)c(CO)n1Cc1ccc(-c2ccccc2S(=O)(=O)NC(=O)CCNC(=O)C[C@@H](NC(=O)C(Cc2ccccc2)C(=O)NO)C(=O)O)cc1. The first kappa shape index (κ1) is 43.1. The van der Waals surface area contributed by atoms with Gasteiger partial charge in [0.15, 0.2) is 5.15 Å². The fraction of sp³-hybridized carbons (Fsp3) is 0.316. The number of carboxylic acids is 1. The van der Waals surface area contributed by atoms with Crippen molar-refractivity contribution in [2.24, 2.45) is 5.92 Å². The lowest BCUT2D eigenvalue weighted by molar-refractivity contribution is -0.146. The predicted molar refractivity (Wildman–Crippen MR) is 203 cm³/mol. The average Bonchev–Trinajstić information content (AvgIpc) is 3.48. The molecule has 0 saturated heterocycles. The van der Waals surface area contributed by atoms with Crippen molar-refractivity contribution in [2.75, 3.05) is 6.54 Å². The molecule has 56 heavy (non-hydrogen) atoms. The monoisotopic (exact) mass is 810 g/mol. The van der Waals surface area contributed by atoms with Crippen LogP contribution in [-0.2, 0) is 60.0 Å². The Morgan fingerprint density at radius 1 is 0.893 bits per heavy atom. The van der Waals surface area contributed by atoms with E-state index in [0.717, 1.165) is 24.2 Å². The van der Waals surface area contributed by atoms with E-state index in [9.17, 15) is 42.6 Å². The molecule has 2 atom stereocenters. The maximum Gasteiger partial charge on any atom is 0.326 e. The van der Waals surface area contributed by atoms with Crippen molar-refractivity contribution in [1.82, 2.24) is 30.4 Å². The van der Waals surface area contributed by atoms with E-state index in [4.69, 9.17) is 16.8 Å². The number of hydrogen-bond donors (Lipinski definition) is 7. The van der Waals surface area contributed by atoms with Gasteiger partial charge in [0.2, 0.25) is 17.7 Å². The van der Waals surface area contributed by atoms with Crippen LogP contribution in [0.5, 0.6) is 0 Å². The molecule has 0 spiro atoms. The number of carbonyl (C=O) groups is 5. The highest BCUT2D eigenvalue weighted by molar-refractivity contribution is 7.90. The van der Waals surface area contributed by atoms with Crippen LogP contribution in [0, 0.1) is 5.92 Å². The molecule has 7 N–H and O–H groups in total. The topological polar surface area (TPSA) is 246 Å². The fourth-order valence-electron chi connectivity index (χ4n) is 5.81. The minimum absolute atomic E-state index is 0.165. The number of carbonyl (C=O) groups excluding carboxylic acids is 4. The summed E-state index contributed by atoms with van der Waals surface area (Å²) in [7, 11) is -4.40. The van der Waals surface area contributed by atoms with Gasteiger partial charge in [-0.15, -0.1) is 0 Å². The highest BCUT2D eigenvalue weighted by Crippen LogP contribution is 2.28. The number of halogens is 1. The second kappa shape index (κ2) is 20.3. The van der Waals surface area contributed by atoms with Gasteiger partial charge in [0.1, 0.15) is 17.8 Å². The molecule has 0 aliphatic heterocycles. The number of benzene rings is 3. The lowest BCUT2D eigenvalue weighted by Gasteiger charge is -2.19. The summed E-state index contributed by atoms with van der Waals surface area (Å²) in [6.45, 7) is 1.79. The molecule has 0 radical (unpaired) electrons. The Bertz CT molecular complexity index is 2130. The van der Waals surface area contributed by atoms with Crippen molar-refractivity contribution < 1.29 is 47.8 Å². The molecule has 0 aliphatic carbocycles. The Labute approximate surface area is 328 Å². The van der Waals surface area contributed by atoms with Gasteiger partial charge in [-0.3, -0.25) is 24.4 Å². The van der Waals surface area contributed by atoms with Gasteiger partial charge in [0, 0.05) is 31.5 Å². The molecular formula is C38H43ClN6O10S. The normalized spacial score (nSPS) is 12.3. The summed E-state index contributed by atoms with van der Waals surface area (Å²) < 4.78 is 30.6. The summed E-state index contributed by atoms with van der Waals surface area (Å²) in [5.41, 5.74) is 4.17. The minimum atomic E-state index is -4.40. The highest BCUT2D eigenvalue weighted by atomic mass is 35.5. The number of aliphatic hydroxyl groups excluding tert-OH is 1. The number of unbranched alkanes of at least 4 members (excludes halogenated alkanes) is 1. The molecule has 0 saturated carbocycles. The molecule has 16 nitrogen and oxygen atoms in total. The number of carboxylic acid groups (broad SMARTS) is 1. The lowest BCUT2D eigenvalue weighted by Crippen LogP contribution is -2.49. The van der Waals surface area contributed by atoms with Crippen molar-refractivity contribution in [3.63, 3.8) is 0 Å². The van der Waals surface area contributed by atoms with Gasteiger partial charge in [-0.05, 0) is 35.6 Å². The Hall–Kier alpha value is -5.62. The van der Waals surface area contributed by atoms with E-state index >= 15 is 0 Å². The molecule has 298 valence electrons. The number of hydrogen-bond acceptors (Lipinski definition) is 10. The number of nitrogens with zero attached hydrogens (tertiary/aromatic N) is 2. The Balaban J connectivity index is 1.35. The summed E-state index contributed by atoms with van der Waals surface area (Å²) in [6, 6.07) is 19.7. The van der Waals surface area contributed by atoms with E-state index in [1.807, 2.05) is 21.4 Å². The third-order valence-corrected chi connectivity index (χ3v) is 10.5. The summed E-state index contributed by atoms with van der Waals surface area (Å²) in [4.78, 5) is 66.5. The number of rotatable bonds is 20. The molecule has 0 aliphatic rings. The molecule has 4 aromatic rings. The predicted octanol–water partition coefficient (Wildman–Crippen LogP) is 2.72. The largest absolute Gasteiger partial charge is 0.480 e. The number of aromatic nitrogens is 2. The maximum absolute atomic E-state index is 13.4. The van der Waals surface area contributed by atoms with E-state index in [2.05, 4.69) is 22.5 Å². The summed E-state index contributed by atoms with van der Waals surface area (Å²) in [5, 5.41) is 33.3. The van der Waals surface area contributed by atoms with Crippen molar-refractivity contribution in [2.45, 2.75) is 69.5 Å². The number of amides is 4. The number of aliphatic carboxylic acids is 1. The minimum Gasteiger partial charge on any atom is -0.480 e. The van der Waals surface area contributed by atoms with Crippen molar-refractivity contribution >= 4 is 51.2 Å². The van der Waals surface area contributed by atoms with E-state index in [1.54, 1.807) is 54.6 Å². The van der Waals surface area contributed by atoms with Gasteiger partial charge >= 0.3 is 5.97 Å². The van der Waals surface area contributed by atoms with E-state index < -0.39 is 64.4 Å². The zero-order valence-electron chi connectivity index (χ0n) is 30.4. The standard InChI is InChI=1S/C38H43ClN6O10S/c1-2-3-13-32-42-35(39)30(23-46)45(32)22-25-14-16-26(17-15-25)27-11-7-8-12-31(27)56(54,55)44-33(47)18-19-40-34(48)21-29(38(51)52)41-36(49)28(37(50)43-53)20-24-9-5-4-6-10-24/h4-12,14-17,28-29,46,53H,2-3,13,18-23H2,1H3,(H,40,48)(H,41,49)(H,43,50)(H,44,47)(H,51,52)/t28?,29-/m1/s1. The third-order valence-electron chi connectivity index (χ3n) is 8.74. The van der Waals surface area contributed by atoms with Crippen LogP contribution in [-0.4, -0.2) is 75.6 Å². The van der Waals surface area contributed by atoms with Crippen LogP contribution in [0.2, 0.25) is 5.15 Å². The Kier molecular flexibility index (Phi) is 15.7. The van der Waals surface area contributed by atoms with E-state index in [0.29, 0.717) is 35.3 Å². The third kappa shape index (κ3) is 11.7. The summed E-state index contributed by atoms with van der Waals surface area (Å²) in [5.74, 6) is -6.30. The number of hydroxylamine groups is 1. The van der Waals surface area contributed by atoms with Gasteiger partial charge < -0.3 is 25.4 Å². The Morgan fingerprint density at radius 3 is 2.21 bits per heavy atom.